The summed E-state index contributed by atoms with van der Waals surface area (Å²) in [6.45, 7) is 2.29. The lowest BCUT2D eigenvalue weighted by Gasteiger charge is -2.11. The number of thiophene rings is 1. The lowest BCUT2D eigenvalue weighted by atomic mass is 9.95. The number of nitrogens with one attached hydrogen (secondary N) is 1. The third-order valence-electron chi connectivity index (χ3n) is 7.82. The van der Waals surface area contributed by atoms with Gasteiger partial charge in [0.2, 0.25) is 5.91 Å². The summed E-state index contributed by atoms with van der Waals surface area (Å²) in [4.78, 5) is 26.1. The first-order chi connectivity index (χ1) is 18.2. The molecule has 0 atom stereocenters. The van der Waals surface area contributed by atoms with E-state index in [2.05, 4.69) is 12.2 Å². The van der Waals surface area contributed by atoms with Gasteiger partial charge in [0.05, 0.1) is 12.7 Å². The molecule has 2 rings (SSSR count). The van der Waals surface area contributed by atoms with Gasteiger partial charge in [-0.15, -0.1) is 11.3 Å². The van der Waals surface area contributed by atoms with E-state index in [0.29, 0.717) is 17.0 Å². The Labute approximate surface area is 231 Å². The van der Waals surface area contributed by atoms with Crippen molar-refractivity contribution in [2.75, 3.05) is 12.4 Å². The van der Waals surface area contributed by atoms with Crippen LogP contribution in [0.4, 0.5) is 5.00 Å². The Bertz CT molecular complexity index is 757. The van der Waals surface area contributed by atoms with Crippen molar-refractivity contribution in [3.05, 3.63) is 16.0 Å². The summed E-state index contributed by atoms with van der Waals surface area (Å²) < 4.78 is 5.00. The van der Waals surface area contributed by atoms with E-state index in [-0.39, 0.29) is 11.9 Å². The van der Waals surface area contributed by atoms with Crippen molar-refractivity contribution in [1.29, 1.82) is 0 Å². The van der Waals surface area contributed by atoms with E-state index >= 15 is 0 Å². The minimum atomic E-state index is -0.321. The summed E-state index contributed by atoms with van der Waals surface area (Å²) in [5.74, 6) is -0.297. The standard InChI is InChI=1S/C32H55NO3S/c1-3-4-5-6-7-8-9-10-11-12-13-14-15-16-17-18-19-20-21-26-29(34)33-31-30(32(35)36-2)27-24-22-23-25-28(27)37-31/h3-26H2,1-2H3,(H,33,34). The maximum Gasteiger partial charge on any atom is 0.341 e. The van der Waals surface area contributed by atoms with Crippen LogP contribution in [0.2, 0.25) is 0 Å². The summed E-state index contributed by atoms with van der Waals surface area (Å²) in [7, 11) is 1.42. The molecule has 0 aromatic carbocycles. The molecule has 0 saturated carbocycles. The van der Waals surface area contributed by atoms with Crippen molar-refractivity contribution in [1.82, 2.24) is 0 Å². The van der Waals surface area contributed by atoms with Gasteiger partial charge in [-0.3, -0.25) is 4.79 Å². The van der Waals surface area contributed by atoms with Gasteiger partial charge in [0.25, 0.3) is 0 Å². The fourth-order valence-electron chi connectivity index (χ4n) is 5.53. The first-order valence-electron chi connectivity index (χ1n) is 15.7. The number of esters is 1. The predicted molar refractivity (Wildman–Crippen MR) is 159 cm³/mol. The van der Waals surface area contributed by atoms with Crippen LogP contribution in [0.1, 0.15) is 169 Å². The molecule has 0 saturated heterocycles. The molecule has 5 heteroatoms. The zero-order valence-electron chi connectivity index (χ0n) is 24.1. The number of fused-ring (bicyclic) bond motifs is 1. The van der Waals surface area contributed by atoms with Crippen LogP contribution in [0.25, 0.3) is 0 Å². The Balaban J connectivity index is 1.41. The van der Waals surface area contributed by atoms with Gasteiger partial charge in [-0.05, 0) is 37.7 Å². The van der Waals surface area contributed by atoms with Gasteiger partial charge in [0.1, 0.15) is 5.00 Å². The number of rotatable bonds is 22. The quantitative estimate of drug-likeness (QED) is 0.119. The maximum atomic E-state index is 12.5. The van der Waals surface area contributed by atoms with Crippen molar-refractivity contribution in [3.8, 4) is 0 Å². The number of ether oxygens (including phenoxy) is 1. The predicted octanol–water partition coefficient (Wildman–Crippen LogP) is 10.2. The molecule has 1 amide bonds. The second-order valence-electron chi connectivity index (χ2n) is 11.1. The molecule has 1 aromatic rings. The Morgan fingerprint density at radius 2 is 1.16 bits per heavy atom. The van der Waals surface area contributed by atoms with Crippen LogP contribution in [0.5, 0.6) is 0 Å². The molecule has 1 aliphatic carbocycles. The fraction of sp³-hybridized carbons (Fsp3) is 0.812. The Kier molecular flexibility index (Phi) is 17.7. The highest BCUT2D eigenvalue weighted by Crippen LogP contribution is 2.38. The zero-order valence-corrected chi connectivity index (χ0v) is 24.9. The molecule has 1 N–H and O–H groups in total. The Hall–Kier alpha value is -1.36. The number of hydrogen-bond acceptors (Lipinski definition) is 4. The van der Waals surface area contributed by atoms with Crippen LogP contribution in [-0.2, 0) is 22.4 Å². The van der Waals surface area contributed by atoms with Crippen molar-refractivity contribution >= 4 is 28.2 Å². The number of anilines is 1. The number of methoxy groups -OCH3 is 1. The van der Waals surface area contributed by atoms with Crippen LogP contribution in [0.3, 0.4) is 0 Å². The first-order valence-corrected chi connectivity index (χ1v) is 16.5. The maximum absolute atomic E-state index is 12.5. The second-order valence-corrected chi connectivity index (χ2v) is 12.2. The van der Waals surface area contributed by atoms with Crippen molar-refractivity contribution in [2.45, 2.75) is 161 Å². The molecule has 1 aromatic heterocycles. The van der Waals surface area contributed by atoms with Gasteiger partial charge in [0.15, 0.2) is 0 Å². The topological polar surface area (TPSA) is 55.4 Å². The van der Waals surface area contributed by atoms with Gasteiger partial charge < -0.3 is 10.1 Å². The van der Waals surface area contributed by atoms with Crippen LogP contribution in [-0.4, -0.2) is 19.0 Å². The number of amides is 1. The molecule has 37 heavy (non-hydrogen) atoms. The summed E-state index contributed by atoms with van der Waals surface area (Å²) in [5, 5.41) is 3.72. The SMILES string of the molecule is CCCCCCCCCCCCCCCCCCCCCC(=O)Nc1sc2c(c1C(=O)OC)CCCC2. The molecular formula is C32H55NO3S. The smallest absolute Gasteiger partial charge is 0.341 e. The Morgan fingerprint density at radius 3 is 1.65 bits per heavy atom. The van der Waals surface area contributed by atoms with E-state index in [1.807, 2.05) is 0 Å². The first kappa shape index (κ1) is 31.9. The second kappa shape index (κ2) is 20.6. The highest BCUT2D eigenvalue weighted by molar-refractivity contribution is 7.17. The normalized spacial score (nSPS) is 12.9. The lowest BCUT2D eigenvalue weighted by molar-refractivity contribution is -0.116. The van der Waals surface area contributed by atoms with Crippen LogP contribution in [0, 0.1) is 0 Å². The van der Waals surface area contributed by atoms with E-state index < -0.39 is 0 Å². The van der Waals surface area contributed by atoms with Crippen molar-refractivity contribution in [3.63, 3.8) is 0 Å². The summed E-state index contributed by atoms with van der Waals surface area (Å²) in [5.41, 5.74) is 1.70. The summed E-state index contributed by atoms with van der Waals surface area (Å²) >= 11 is 1.57. The van der Waals surface area contributed by atoms with Crippen LogP contribution < -0.4 is 5.32 Å². The van der Waals surface area contributed by atoms with Gasteiger partial charge in [-0.2, -0.15) is 0 Å². The van der Waals surface area contributed by atoms with Crippen molar-refractivity contribution < 1.29 is 14.3 Å². The third-order valence-corrected chi connectivity index (χ3v) is 9.03. The van der Waals surface area contributed by atoms with E-state index in [4.69, 9.17) is 4.74 Å². The van der Waals surface area contributed by atoms with Crippen LogP contribution in [0.15, 0.2) is 0 Å². The highest BCUT2D eigenvalue weighted by Gasteiger charge is 2.26. The molecule has 0 radical (unpaired) electrons. The van der Waals surface area contributed by atoms with Gasteiger partial charge in [-0.25, -0.2) is 4.79 Å². The minimum absolute atomic E-state index is 0.0238. The summed E-state index contributed by atoms with van der Waals surface area (Å²) in [6.07, 6.45) is 30.4. The number of carbonyl (C=O) groups excluding carboxylic acids is 2. The molecule has 1 heterocycles. The number of hydrogen-bond donors (Lipinski definition) is 1. The van der Waals surface area contributed by atoms with Crippen molar-refractivity contribution in [2.24, 2.45) is 0 Å². The van der Waals surface area contributed by atoms with Gasteiger partial charge in [0, 0.05) is 11.3 Å². The highest BCUT2D eigenvalue weighted by atomic mass is 32.1. The average molecular weight is 534 g/mol. The Morgan fingerprint density at radius 1 is 0.703 bits per heavy atom. The van der Waals surface area contributed by atoms with E-state index in [9.17, 15) is 9.59 Å². The molecular weight excluding hydrogens is 478 g/mol. The molecule has 4 nitrogen and oxygen atoms in total. The number of unbranched alkanes of at least 4 members (excludes halogenated alkanes) is 18. The lowest BCUT2D eigenvalue weighted by Crippen LogP contribution is -2.14. The van der Waals surface area contributed by atoms with Gasteiger partial charge in [-0.1, -0.05) is 122 Å². The number of aryl methyl sites for hydroxylation is 1. The molecule has 212 valence electrons. The largest absolute Gasteiger partial charge is 0.465 e. The zero-order chi connectivity index (χ0) is 26.6. The van der Waals surface area contributed by atoms with Crippen LogP contribution >= 0.6 is 11.3 Å². The van der Waals surface area contributed by atoms with E-state index in [1.54, 1.807) is 11.3 Å². The average Bonchev–Trinajstić information content (AvgIpc) is 3.27. The van der Waals surface area contributed by atoms with Gasteiger partial charge >= 0.3 is 5.97 Å². The molecule has 0 bridgehead atoms. The molecule has 0 fully saturated rings. The molecule has 0 spiro atoms. The fourth-order valence-corrected chi connectivity index (χ4v) is 6.82. The number of carbonyl (C=O) groups is 2. The third kappa shape index (κ3) is 13.3. The minimum Gasteiger partial charge on any atom is -0.465 e. The summed E-state index contributed by atoms with van der Waals surface area (Å²) in [6, 6.07) is 0. The van der Waals surface area contributed by atoms with E-state index in [1.165, 1.54) is 121 Å². The van der Waals surface area contributed by atoms with E-state index in [0.717, 1.165) is 44.1 Å². The molecule has 0 aliphatic heterocycles. The monoisotopic (exact) mass is 533 g/mol. The molecule has 1 aliphatic rings. The molecule has 0 unspecified atom stereocenters.